The molecule has 13 aromatic rings. The molecule has 0 aliphatic heterocycles. The van der Waals surface area contributed by atoms with Crippen LogP contribution < -0.4 is 0 Å². The van der Waals surface area contributed by atoms with Gasteiger partial charge in [0.05, 0.1) is 33.1 Å². The van der Waals surface area contributed by atoms with Gasteiger partial charge < -0.3 is 8.80 Å². The van der Waals surface area contributed by atoms with E-state index in [1.807, 2.05) is 0 Å². The highest BCUT2D eigenvalue weighted by Crippen LogP contribution is 2.54. The standard InChI is InChI=1S/C62H48N2/c1-61(2,3)43-29-23-39(24-30-43)45-19-13-21-49-55-53-48-34-28-42(38-17-11-8-12-18-38)36-52(48)64-58-46(40-25-31-44(32-26-40)62(4,5)6)20-14-22-50(58)56(60(53)64)54-47-33-27-41(37-15-9-7-10-16-37)35-51(47)63(57(45)49)59(54)55/h7-36H,1-6H3. The third-order valence-electron chi connectivity index (χ3n) is 14.3. The van der Waals surface area contributed by atoms with Crippen LogP contribution in [0.15, 0.2) is 182 Å². The summed E-state index contributed by atoms with van der Waals surface area (Å²) in [5, 5.41) is 10.5. The molecule has 0 saturated carbocycles. The summed E-state index contributed by atoms with van der Waals surface area (Å²) in [5.74, 6) is 0. The summed E-state index contributed by atoms with van der Waals surface area (Å²) >= 11 is 0. The fourth-order valence-corrected chi connectivity index (χ4v) is 11.1. The van der Waals surface area contributed by atoms with Gasteiger partial charge >= 0.3 is 0 Å². The molecule has 0 unspecified atom stereocenters. The predicted molar refractivity (Wildman–Crippen MR) is 275 cm³/mol. The number of rotatable bonds is 4. The Bertz CT molecular complexity index is 3700. The van der Waals surface area contributed by atoms with Gasteiger partial charge in [-0.1, -0.05) is 211 Å². The number of nitrogens with zero attached hydrogens (tertiary/aromatic N) is 2. The third kappa shape index (κ3) is 5.14. The average molecular weight is 821 g/mol. The van der Waals surface area contributed by atoms with Crippen LogP contribution >= 0.6 is 0 Å². The molecule has 0 aliphatic rings. The highest BCUT2D eigenvalue weighted by molar-refractivity contribution is 6.46. The fourth-order valence-electron chi connectivity index (χ4n) is 11.1. The van der Waals surface area contributed by atoms with Crippen LogP contribution in [0.5, 0.6) is 0 Å². The lowest BCUT2D eigenvalue weighted by Gasteiger charge is -2.19. The lowest BCUT2D eigenvalue weighted by atomic mass is 9.86. The Morgan fingerprint density at radius 1 is 0.281 bits per heavy atom. The van der Waals surface area contributed by atoms with Gasteiger partial charge in [0.25, 0.3) is 0 Å². The Hall–Kier alpha value is -7.42. The van der Waals surface area contributed by atoms with E-state index in [0.717, 1.165) is 0 Å². The van der Waals surface area contributed by atoms with Gasteiger partial charge in [-0.05, 0) is 67.5 Å². The maximum absolute atomic E-state index is 2.64. The van der Waals surface area contributed by atoms with Crippen LogP contribution in [0.3, 0.4) is 0 Å². The lowest BCUT2D eigenvalue weighted by Crippen LogP contribution is -2.10. The molecule has 2 nitrogen and oxygen atoms in total. The van der Waals surface area contributed by atoms with Gasteiger partial charge in [-0.15, -0.1) is 0 Å². The van der Waals surface area contributed by atoms with Gasteiger partial charge in [0, 0.05) is 54.2 Å². The number of para-hydroxylation sites is 2. The van der Waals surface area contributed by atoms with Crippen molar-refractivity contribution in [1.29, 1.82) is 0 Å². The van der Waals surface area contributed by atoms with Crippen LogP contribution in [0.1, 0.15) is 52.7 Å². The molecule has 0 N–H and O–H groups in total. The number of hydrogen-bond acceptors (Lipinski definition) is 0. The van der Waals surface area contributed by atoms with Crippen LogP contribution in [0.2, 0.25) is 0 Å². The molecule has 0 saturated heterocycles. The first kappa shape index (κ1) is 37.2. The largest absolute Gasteiger partial charge is 0.307 e. The third-order valence-corrected chi connectivity index (χ3v) is 14.3. The second-order valence-corrected chi connectivity index (χ2v) is 20.1. The van der Waals surface area contributed by atoms with E-state index in [1.165, 1.54) is 132 Å². The van der Waals surface area contributed by atoms with E-state index < -0.39 is 0 Å². The van der Waals surface area contributed by atoms with Crippen LogP contribution in [0.25, 0.3) is 121 Å². The van der Waals surface area contributed by atoms with E-state index in [0.29, 0.717) is 0 Å². The summed E-state index contributed by atoms with van der Waals surface area (Å²) in [7, 11) is 0. The topological polar surface area (TPSA) is 8.82 Å². The SMILES string of the molecule is CC(C)(C)c1ccc(-c2cccc3c4c5c6ccc(-c7ccccc7)cc6n6c7c(-c8ccc(C(C)(C)C)cc8)cccc7c(c7c8ccc(-c9ccccc9)cc8n(c23)c74)c56)cc1. The minimum absolute atomic E-state index is 0.0699. The van der Waals surface area contributed by atoms with Crippen molar-refractivity contribution in [3.05, 3.63) is 193 Å². The van der Waals surface area contributed by atoms with Gasteiger partial charge in [0.1, 0.15) is 0 Å². The highest BCUT2D eigenvalue weighted by Gasteiger charge is 2.31. The summed E-state index contributed by atoms with van der Waals surface area (Å²) in [6.07, 6.45) is 0. The molecule has 0 bridgehead atoms. The second kappa shape index (κ2) is 13.1. The van der Waals surface area contributed by atoms with E-state index in [-0.39, 0.29) is 10.8 Å². The average Bonchev–Trinajstić information content (AvgIpc) is 4.04. The Morgan fingerprint density at radius 3 is 1.02 bits per heavy atom. The molecule has 13 rings (SSSR count). The summed E-state index contributed by atoms with van der Waals surface area (Å²) in [6, 6.07) is 68.7. The molecule has 0 radical (unpaired) electrons. The molecule has 2 heteroatoms. The molecule has 4 aromatic heterocycles. The summed E-state index contributed by atoms with van der Waals surface area (Å²) in [5.41, 5.74) is 20.3. The van der Waals surface area contributed by atoms with Crippen molar-refractivity contribution in [2.45, 2.75) is 52.4 Å². The molecular weight excluding hydrogens is 773 g/mol. The zero-order valence-corrected chi connectivity index (χ0v) is 37.2. The van der Waals surface area contributed by atoms with E-state index in [2.05, 4.69) is 232 Å². The fraction of sp³-hybridized carbons (Fsp3) is 0.129. The smallest absolute Gasteiger partial charge is 0.0634 e. The number of benzene rings is 9. The Kier molecular flexibility index (Phi) is 7.59. The maximum Gasteiger partial charge on any atom is 0.0634 e. The first-order chi connectivity index (χ1) is 31.0. The Balaban J connectivity index is 1.25. The molecule has 64 heavy (non-hydrogen) atoms. The van der Waals surface area contributed by atoms with Crippen LogP contribution in [-0.4, -0.2) is 8.80 Å². The first-order valence-corrected chi connectivity index (χ1v) is 22.8. The molecule has 0 atom stereocenters. The molecule has 0 spiro atoms. The van der Waals surface area contributed by atoms with Crippen molar-refractivity contribution < 1.29 is 0 Å². The molecule has 0 aliphatic carbocycles. The van der Waals surface area contributed by atoms with Gasteiger partial charge in [0.15, 0.2) is 0 Å². The minimum atomic E-state index is 0.0699. The highest BCUT2D eigenvalue weighted by atomic mass is 14.9. The molecular formula is C62H48N2. The van der Waals surface area contributed by atoms with Crippen molar-refractivity contribution >= 4 is 76.2 Å². The second-order valence-electron chi connectivity index (χ2n) is 20.1. The minimum Gasteiger partial charge on any atom is -0.307 e. The zero-order chi connectivity index (χ0) is 43.2. The van der Waals surface area contributed by atoms with Gasteiger partial charge in [-0.25, -0.2) is 0 Å². The van der Waals surface area contributed by atoms with Gasteiger partial charge in [0.2, 0.25) is 0 Å². The van der Waals surface area contributed by atoms with E-state index in [9.17, 15) is 0 Å². The van der Waals surface area contributed by atoms with Crippen molar-refractivity contribution in [2.75, 3.05) is 0 Å². The molecule has 306 valence electrons. The normalized spacial score (nSPS) is 12.8. The van der Waals surface area contributed by atoms with Gasteiger partial charge in [-0.3, -0.25) is 0 Å². The van der Waals surface area contributed by atoms with E-state index in [1.54, 1.807) is 0 Å². The van der Waals surface area contributed by atoms with Crippen molar-refractivity contribution in [2.24, 2.45) is 0 Å². The number of hydrogen-bond donors (Lipinski definition) is 0. The Labute approximate surface area is 373 Å². The van der Waals surface area contributed by atoms with Crippen LogP contribution in [-0.2, 0) is 10.8 Å². The predicted octanol–water partition coefficient (Wildman–Crippen LogP) is 17.2. The Morgan fingerprint density at radius 2 is 0.641 bits per heavy atom. The quantitative estimate of drug-likeness (QED) is 0.167. The molecule has 0 amide bonds. The van der Waals surface area contributed by atoms with Crippen molar-refractivity contribution in [1.82, 2.24) is 8.80 Å². The first-order valence-electron chi connectivity index (χ1n) is 22.8. The summed E-state index contributed by atoms with van der Waals surface area (Å²) in [6.45, 7) is 13.8. The number of aromatic nitrogens is 2. The zero-order valence-electron chi connectivity index (χ0n) is 37.2. The molecule has 0 fully saturated rings. The maximum atomic E-state index is 2.64. The monoisotopic (exact) mass is 820 g/mol. The van der Waals surface area contributed by atoms with E-state index >= 15 is 0 Å². The summed E-state index contributed by atoms with van der Waals surface area (Å²) in [4.78, 5) is 0. The van der Waals surface area contributed by atoms with Crippen molar-refractivity contribution in [3.8, 4) is 44.5 Å². The van der Waals surface area contributed by atoms with Crippen molar-refractivity contribution in [3.63, 3.8) is 0 Å². The van der Waals surface area contributed by atoms with Crippen LogP contribution in [0.4, 0.5) is 0 Å². The lowest BCUT2D eigenvalue weighted by molar-refractivity contribution is 0.590. The van der Waals surface area contributed by atoms with Crippen LogP contribution in [0, 0.1) is 0 Å². The molecule has 9 aromatic carbocycles. The number of fused-ring (bicyclic) bond motifs is 14. The van der Waals surface area contributed by atoms with E-state index in [4.69, 9.17) is 0 Å². The summed E-state index contributed by atoms with van der Waals surface area (Å²) < 4.78 is 5.28. The van der Waals surface area contributed by atoms with Gasteiger partial charge in [-0.2, -0.15) is 0 Å². The molecule has 4 heterocycles.